The van der Waals surface area contributed by atoms with Gasteiger partial charge in [-0.25, -0.2) is 9.36 Å². The molecule has 36 heavy (non-hydrogen) atoms. The number of aromatic nitrogens is 4. The summed E-state index contributed by atoms with van der Waals surface area (Å²) in [6.07, 6.45) is 0. The van der Waals surface area contributed by atoms with Gasteiger partial charge in [-0.3, -0.25) is 19.8 Å². The number of phenols is 1. The minimum absolute atomic E-state index is 0.0559. The van der Waals surface area contributed by atoms with Gasteiger partial charge in [0.05, 0.1) is 22.5 Å². The van der Waals surface area contributed by atoms with Crippen molar-refractivity contribution in [3.63, 3.8) is 0 Å². The monoisotopic (exact) mass is 608 g/mol. The molecule has 5 rings (SSSR count). The first kappa shape index (κ1) is 24.1. The molecule has 3 N–H and O–H groups in total. The number of nitrogens with one attached hydrogen (secondary N) is 2. The Morgan fingerprint density at radius 3 is 1.58 bits per heavy atom. The van der Waals surface area contributed by atoms with Crippen molar-refractivity contribution in [2.75, 3.05) is 0 Å². The molecule has 0 atom stereocenters. The number of aryl methyl sites for hydroxylation is 2. The van der Waals surface area contributed by atoms with E-state index in [-0.39, 0.29) is 16.9 Å². The SMILES string of the molecule is Cc1[nH]n(-c2ccc(Br)cc2)c(=O)c1C(c1cccc(O)c1)c1c(C)[nH]n(-c2ccc(Br)cc2)c1=O. The second-order valence-electron chi connectivity index (χ2n) is 8.56. The summed E-state index contributed by atoms with van der Waals surface area (Å²) in [6.45, 7) is 3.63. The maximum Gasteiger partial charge on any atom is 0.275 e. The Hall–Kier alpha value is -3.56. The summed E-state index contributed by atoms with van der Waals surface area (Å²) >= 11 is 6.85. The molecule has 0 radical (unpaired) electrons. The molecular formula is C27H22Br2N4O3. The molecule has 0 bridgehead atoms. The van der Waals surface area contributed by atoms with Crippen molar-refractivity contribution in [1.29, 1.82) is 0 Å². The van der Waals surface area contributed by atoms with Crippen molar-refractivity contribution in [1.82, 2.24) is 19.6 Å². The Labute approximate surface area is 223 Å². The van der Waals surface area contributed by atoms with Crippen LogP contribution in [0.2, 0.25) is 0 Å². The van der Waals surface area contributed by atoms with Gasteiger partial charge < -0.3 is 5.11 Å². The normalized spacial score (nSPS) is 11.4. The minimum Gasteiger partial charge on any atom is -0.508 e. The molecule has 7 nitrogen and oxygen atoms in total. The van der Waals surface area contributed by atoms with E-state index in [1.165, 1.54) is 9.36 Å². The largest absolute Gasteiger partial charge is 0.508 e. The van der Waals surface area contributed by atoms with Gasteiger partial charge in [0.15, 0.2) is 0 Å². The average Bonchev–Trinajstić information content (AvgIpc) is 3.31. The first-order valence-electron chi connectivity index (χ1n) is 11.2. The summed E-state index contributed by atoms with van der Waals surface area (Å²) < 4.78 is 4.75. The van der Waals surface area contributed by atoms with Crippen LogP contribution >= 0.6 is 31.9 Å². The van der Waals surface area contributed by atoms with E-state index >= 15 is 0 Å². The summed E-state index contributed by atoms with van der Waals surface area (Å²) in [7, 11) is 0. The minimum atomic E-state index is -0.710. The summed E-state index contributed by atoms with van der Waals surface area (Å²) in [6, 6.07) is 21.4. The quantitative estimate of drug-likeness (QED) is 0.239. The maximum atomic E-state index is 13.8. The molecule has 0 fully saturated rings. The lowest BCUT2D eigenvalue weighted by molar-refractivity contribution is 0.474. The van der Waals surface area contributed by atoms with E-state index in [4.69, 9.17) is 0 Å². The van der Waals surface area contributed by atoms with E-state index in [9.17, 15) is 14.7 Å². The van der Waals surface area contributed by atoms with Crippen LogP contribution in [0.5, 0.6) is 5.75 Å². The second-order valence-corrected chi connectivity index (χ2v) is 10.4. The Morgan fingerprint density at radius 2 is 1.17 bits per heavy atom. The highest BCUT2D eigenvalue weighted by Crippen LogP contribution is 2.33. The van der Waals surface area contributed by atoms with Crippen LogP contribution in [0.1, 0.15) is 34.0 Å². The third-order valence-electron chi connectivity index (χ3n) is 6.18. The predicted octanol–water partition coefficient (Wildman–Crippen LogP) is 5.67. The molecule has 2 heterocycles. The molecule has 0 aliphatic carbocycles. The fraction of sp³-hybridized carbons (Fsp3) is 0.111. The zero-order valence-electron chi connectivity index (χ0n) is 19.4. The van der Waals surface area contributed by atoms with Gasteiger partial charge in [-0.2, -0.15) is 0 Å². The van der Waals surface area contributed by atoms with Crippen LogP contribution in [0.15, 0.2) is 91.3 Å². The number of H-pyrrole nitrogens is 2. The topological polar surface area (TPSA) is 95.8 Å². The first-order chi connectivity index (χ1) is 17.2. The van der Waals surface area contributed by atoms with Gasteiger partial charge in [0.2, 0.25) is 0 Å². The van der Waals surface area contributed by atoms with Crippen LogP contribution in [-0.2, 0) is 0 Å². The van der Waals surface area contributed by atoms with Gasteiger partial charge in [0, 0.05) is 26.3 Å². The molecule has 3 aromatic carbocycles. The smallest absolute Gasteiger partial charge is 0.275 e. The molecule has 182 valence electrons. The van der Waals surface area contributed by atoms with E-state index in [2.05, 4.69) is 42.1 Å². The third kappa shape index (κ3) is 4.29. The average molecular weight is 610 g/mol. The molecular weight excluding hydrogens is 588 g/mol. The molecule has 5 aromatic rings. The number of rotatable bonds is 5. The van der Waals surface area contributed by atoms with E-state index in [1.54, 1.807) is 18.2 Å². The van der Waals surface area contributed by atoms with E-state index in [0.29, 0.717) is 39.5 Å². The number of halogens is 2. The number of hydrogen-bond donors (Lipinski definition) is 3. The Kier molecular flexibility index (Phi) is 6.36. The standard InChI is InChI=1S/C27H22Br2N4O3/c1-15-23(26(35)32(30-15)20-10-6-18(28)7-11-20)25(17-4-3-5-22(34)14-17)24-16(2)31-33(27(24)36)21-12-8-19(29)9-13-21/h3-14,25,30-31,34H,1-2H3. The fourth-order valence-corrected chi connectivity index (χ4v) is 5.05. The van der Waals surface area contributed by atoms with Crippen molar-refractivity contribution in [2.24, 2.45) is 0 Å². The molecule has 0 aliphatic rings. The zero-order valence-corrected chi connectivity index (χ0v) is 22.6. The molecule has 2 aromatic heterocycles. The van der Waals surface area contributed by atoms with Gasteiger partial charge in [-0.1, -0.05) is 44.0 Å². The highest BCUT2D eigenvalue weighted by Gasteiger charge is 2.31. The lowest BCUT2D eigenvalue weighted by atomic mass is 9.85. The Morgan fingerprint density at radius 1 is 0.722 bits per heavy atom. The summed E-state index contributed by atoms with van der Waals surface area (Å²) in [4.78, 5) is 27.6. The maximum absolute atomic E-state index is 13.8. The van der Waals surface area contributed by atoms with Crippen LogP contribution in [0, 0.1) is 13.8 Å². The van der Waals surface area contributed by atoms with E-state index in [1.807, 2.05) is 68.4 Å². The van der Waals surface area contributed by atoms with E-state index in [0.717, 1.165) is 8.95 Å². The Balaban J connectivity index is 1.76. The van der Waals surface area contributed by atoms with Crippen molar-refractivity contribution in [2.45, 2.75) is 19.8 Å². The predicted molar refractivity (Wildman–Crippen MR) is 147 cm³/mol. The van der Waals surface area contributed by atoms with Crippen LogP contribution in [0.4, 0.5) is 0 Å². The summed E-state index contributed by atoms with van der Waals surface area (Å²) in [5.74, 6) is -0.654. The molecule has 0 amide bonds. The Bertz CT molecular complexity index is 1570. The molecule has 0 aliphatic heterocycles. The molecule has 0 unspecified atom stereocenters. The third-order valence-corrected chi connectivity index (χ3v) is 7.24. The van der Waals surface area contributed by atoms with E-state index < -0.39 is 5.92 Å². The number of phenolic OH excluding ortho intramolecular Hbond substituents is 1. The fourth-order valence-electron chi connectivity index (χ4n) is 4.53. The zero-order chi connectivity index (χ0) is 25.6. The molecule has 0 saturated carbocycles. The number of aromatic amines is 2. The van der Waals surface area contributed by atoms with Gasteiger partial charge in [0.25, 0.3) is 11.1 Å². The van der Waals surface area contributed by atoms with Gasteiger partial charge in [-0.15, -0.1) is 0 Å². The highest BCUT2D eigenvalue weighted by atomic mass is 79.9. The van der Waals surface area contributed by atoms with Gasteiger partial charge in [0.1, 0.15) is 5.75 Å². The molecule has 9 heteroatoms. The van der Waals surface area contributed by atoms with Gasteiger partial charge in [-0.05, 0) is 80.1 Å². The van der Waals surface area contributed by atoms with Crippen molar-refractivity contribution in [3.05, 3.63) is 131 Å². The number of hydrogen-bond acceptors (Lipinski definition) is 3. The van der Waals surface area contributed by atoms with Crippen molar-refractivity contribution < 1.29 is 5.11 Å². The first-order valence-corrected chi connectivity index (χ1v) is 12.8. The van der Waals surface area contributed by atoms with Gasteiger partial charge >= 0.3 is 0 Å². The second kappa shape index (κ2) is 9.48. The number of benzene rings is 3. The summed E-state index contributed by atoms with van der Waals surface area (Å²) in [5, 5.41) is 16.6. The van der Waals surface area contributed by atoms with Crippen LogP contribution < -0.4 is 11.1 Å². The number of aromatic hydroxyl groups is 1. The molecule has 0 saturated heterocycles. The lowest BCUT2D eigenvalue weighted by Crippen LogP contribution is -2.25. The van der Waals surface area contributed by atoms with Crippen LogP contribution in [0.3, 0.4) is 0 Å². The van der Waals surface area contributed by atoms with Crippen LogP contribution in [-0.4, -0.2) is 24.7 Å². The summed E-state index contributed by atoms with van der Waals surface area (Å²) in [5.41, 5.74) is 3.58. The lowest BCUT2D eigenvalue weighted by Gasteiger charge is -2.16. The van der Waals surface area contributed by atoms with Crippen molar-refractivity contribution in [3.8, 4) is 17.1 Å². The highest BCUT2D eigenvalue weighted by molar-refractivity contribution is 9.10. The van der Waals surface area contributed by atoms with Crippen LogP contribution in [0.25, 0.3) is 11.4 Å². The van der Waals surface area contributed by atoms with Crippen molar-refractivity contribution >= 4 is 31.9 Å². The molecule has 0 spiro atoms. The number of nitrogens with zero attached hydrogens (tertiary/aromatic N) is 2.